The zero-order valence-corrected chi connectivity index (χ0v) is 7.14. The van der Waals surface area contributed by atoms with E-state index in [1.807, 2.05) is 0 Å². The van der Waals surface area contributed by atoms with Crippen molar-refractivity contribution in [3.8, 4) is 0 Å². The number of nitrogens with two attached hydrogens (primary N) is 1. The highest BCUT2D eigenvalue weighted by Crippen LogP contribution is 2.18. The highest BCUT2D eigenvalue weighted by molar-refractivity contribution is 5.92. The molecule has 0 aromatic carbocycles. The Labute approximate surface area is 79.1 Å². The van der Waals surface area contributed by atoms with E-state index in [4.69, 9.17) is 21.1 Å². The first kappa shape index (κ1) is 12.4. The van der Waals surface area contributed by atoms with E-state index in [-0.39, 0.29) is 0 Å². The van der Waals surface area contributed by atoms with E-state index in [1.165, 1.54) is 0 Å². The number of carbonyl (C=O) groups is 3. The van der Waals surface area contributed by atoms with E-state index in [2.05, 4.69) is 0 Å². The van der Waals surface area contributed by atoms with E-state index in [0.717, 1.165) is 0 Å². The number of aliphatic carboxylic acids is 3. The third-order valence-corrected chi connectivity index (χ3v) is 1.59. The van der Waals surface area contributed by atoms with Gasteiger partial charge >= 0.3 is 17.9 Å². The first-order valence-corrected chi connectivity index (χ1v) is 3.63. The van der Waals surface area contributed by atoms with Crippen LogP contribution in [0.5, 0.6) is 0 Å². The summed E-state index contributed by atoms with van der Waals surface area (Å²) >= 11 is 0. The van der Waals surface area contributed by atoms with E-state index >= 15 is 0 Å². The number of hydrogen-bond acceptors (Lipinski definition) is 4. The molecule has 0 rings (SSSR count). The predicted octanol–water partition coefficient (Wildman–Crippen LogP) is -1.22. The number of hydrogen-bond donors (Lipinski definition) is 4. The van der Waals surface area contributed by atoms with Gasteiger partial charge in [-0.25, -0.2) is 0 Å². The standard InChI is InChI=1S/C7H10NO6/c8-2-4(7(13)14)3(6(11)12)1-5(9)10/h3H,1-2,8H2,(H,9,10)(H,11,12)(H,13,14). The average molecular weight is 204 g/mol. The minimum atomic E-state index is -1.57. The summed E-state index contributed by atoms with van der Waals surface area (Å²) < 4.78 is 0. The third kappa shape index (κ3) is 3.40. The average Bonchev–Trinajstić information content (AvgIpc) is 2.02. The van der Waals surface area contributed by atoms with Crippen molar-refractivity contribution in [1.29, 1.82) is 0 Å². The predicted molar refractivity (Wildman–Crippen MR) is 43.3 cm³/mol. The fraction of sp³-hybridized carbons (Fsp3) is 0.429. The molecule has 7 nitrogen and oxygen atoms in total. The minimum absolute atomic E-state index is 0.487. The third-order valence-electron chi connectivity index (χ3n) is 1.59. The number of carboxylic acids is 3. The molecule has 0 bridgehead atoms. The van der Waals surface area contributed by atoms with Gasteiger partial charge in [-0.1, -0.05) is 0 Å². The molecule has 14 heavy (non-hydrogen) atoms. The van der Waals surface area contributed by atoms with Crippen molar-refractivity contribution in [3.63, 3.8) is 0 Å². The molecule has 5 N–H and O–H groups in total. The van der Waals surface area contributed by atoms with Crippen LogP contribution in [-0.4, -0.2) is 39.8 Å². The summed E-state index contributed by atoms with van der Waals surface area (Å²) in [5, 5.41) is 25.5. The van der Waals surface area contributed by atoms with E-state index in [9.17, 15) is 14.4 Å². The largest absolute Gasteiger partial charge is 0.481 e. The lowest BCUT2D eigenvalue weighted by Crippen LogP contribution is -2.34. The van der Waals surface area contributed by atoms with Crippen molar-refractivity contribution in [1.82, 2.24) is 0 Å². The SMILES string of the molecule is NC[C](C(=O)O)C(CC(=O)O)C(=O)O. The molecule has 0 aliphatic rings. The monoisotopic (exact) mass is 204 g/mol. The molecule has 1 radical (unpaired) electrons. The Bertz CT molecular complexity index is 251. The van der Waals surface area contributed by atoms with Crippen LogP contribution < -0.4 is 5.73 Å². The normalized spacial score (nSPS) is 12.4. The fourth-order valence-corrected chi connectivity index (χ4v) is 0.913. The Morgan fingerprint density at radius 3 is 1.86 bits per heavy atom. The summed E-state index contributed by atoms with van der Waals surface area (Å²) in [5.41, 5.74) is 5.01. The van der Waals surface area contributed by atoms with E-state index in [1.54, 1.807) is 0 Å². The Hall–Kier alpha value is -1.63. The molecule has 0 spiro atoms. The van der Waals surface area contributed by atoms with Crippen molar-refractivity contribution >= 4 is 17.9 Å². The molecular formula is C7H10NO6. The maximum atomic E-state index is 10.5. The van der Waals surface area contributed by atoms with Crippen molar-refractivity contribution in [2.24, 2.45) is 11.7 Å². The van der Waals surface area contributed by atoms with Gasteiger partial charge in [0.25, 0.3) is 0 Å². The molecule has 0 aromatic heterocycles. The smallest absolute Gasteiger partial charge is 0.313 e. The van der Waals surface area contributed by atoms with Gasteiger partial charge in [0, 0.05) is 6.54 Å². The second kappa shape index (κ2) is 5.18. The molecule has 1 atom stereocenters. The molecule has 0 aliphatic carbocycles. The summed E-state index contributed by atoms with van der Waals surface area (Å²) in [6.45, 7) is -0.487. The lowest BCUT2D eigenvalue weighted by molar-refractivity contribution is -0.150. The fourth-order valence-electron chi connectivity index (χ4n) is 0.913. The lowest BCUT2D eigenvalue weighted by atomic mass is 9.89. The summed E-state index contributed by atoms with van der Waals surface area (Å²) in [6.07, 6.45) is -0.784. The van der Waals surface area contributed by atoms with Crippen LogP contribution in [-0.2, 0) is 14.4 Å². The van der Waals surface area contributed by atoms with Crippen LogP contribution in [0.2, 0.25) is 0 Å². The summed E-state index contributed by atoms with van der Waals surface area (Å²) in [5.74, 6) is -6.46. The maximum absolute atomic E-state index is 10.5. The molecule has 7 heteroatoms. The zero-order valence-electron chi connectivity index (χ0n) is 7.14. The molecule has 0 amide bonds. The Morgan fingerprint density at radius 1 is 1.14 bits per heavy atom. The van der Waals surface area contributed by atoms with Crippen LogP contribution >= 0.6 is 0 Å². The van der Waals surface area contributed by atoms with Gasteiger partial charge in [0.1, 0.15) is 5.92 Å². The Kier molecular flexibility index (Phi) is 4.57. The topological polar surface area (TPSA) is 138 Å². The van der Waals surface area contributed by atoms with Crippen LogP contribution in [0.4, 0.5) is 0 Å². The van der Waals surface area contributed by atoms with Gasteiger partial charge in [-0.15, -0.1) is 0 Å². The molecule has 1 unspecified atom stereocenters. The Morgan fingerprint density at radius 2 is 1.64 bits per heavy atom. The van der Waals surface area contributed by atoms with Gasteiger partial charge in [-0.3, -0.25) is 14.4 Å². The highest BCUT2D eigenvalue weighted by atomic mass is 16.4. The summed E-state index contributed by atoms with van der Waals surface area (Å²) in [7, 11) is 0. The van der Waals surface area contributed by atoms with Gasteiger partial charge < -0.3 is 21.1 Å². The van der Waals surface area contributed by atoms with Crippen molar-refractivity contribution in [2.45, 2.75) is 6.42 Å². The van der Waals surface area contributed by atoms with E-state index in [0.29, 0.717) is 0 Å². The summed E-state index contributed by atoms with van der Waals surface area (Å²) in [4.78, 5) is 31.3. The van der Waals surface area contributed by atoms with Gasteiger partial charge in [0.15, 0.2) is 0 Å². The van der Waals surface area contributed by atoms with Crippen LogP contribution in [0.15, 0.2) is 0 Å². The van der Waals surface area contributed by atoms with Gasteiger partial charge in [-0.2, -0.15) is 0 Å². The van der Waals surface area contributed by atoms with E-state index < -0.39 is 42.7 Å². The number of rotatable bonds is 6. The molecule has 0 saturated heterocycles. The van der Waals surface area contributed by atoms with Crippen LogP contribution in [0.3, 0.4) is 0 Å². The lowest BCUT2D eigenvalue weighted by Gasteiger charge is -2.15. The van der Waals surface area contributed by atoms with Crippen molar-refractivity contribution < 1.29 is 29.7 Å². The van der Waals surface area contributed by atoms with Crippen LogP contribution in [0.25, 0.3) is 0 Å². The second-order valence-corrected chi connectivity index (χ2v) is 2.52. The van der Waals surface area contributed by atoms with Crippen LogP contribution in [0, 0.1) is 11.8 Å². The van der Waals surface area contributed by atoms with Crippen molar-refractivity contribution in [2.75, 3.05) is 6.54 Å². The molecule has 79 valence electrons. The summed E-state index contributed by atoms with van der Waals surface area (Å²) in [6, 6.07) is 0. The molecule has 0 saturated carbocycles. The Balaban J connectivity index is 4.69. The first-order chi connectivity index (χ1) is 6.40. The zero-order chi connectivity index (χ0) is 11.3. The quantitative estimate of drug-likeness (QED) is 0.425. The minimum Gasteiger partial charge on any atom is -0.481 e. The molecule has 0 aliphatic heterocycles. The molecule has 0 heterocycles. The van der Waals surface area contributed by atoms with Gasteiger partial charge in [0.2, 0.25) is 0 Å². The van der Waals surface area contributed by atoms with Crippen molar-refractivity contribution in [3.05, 3.63) is 5.92 Å². The second-order valence-electron chi connectivity index (χ2n) is 2.52. The maximum Gasteiger partial charge on any atom is 0.313 e. The molecule has 0 fully saturated rings. The number of carboxylic acid groups (broad SMARTS) is 3. The highest BCUT2D eigenvalue weighted by Gasteiger charge is 2.35. The van der Waals surface area contributed by atoms with Crippen LogP contribution in [0.1, 0.15) is 6.42 Å². The van der Waals surface area contributed by atoms with Gasteiger partial charge in [-0.05, 0) is 0 Å². The molecular weight excluding hydrogens is 194 g/mol. The molecule has 0 aromatic rings. The van der Waals surface area contributed by atoms with Gasteiger partial charge in [0.05, 0.1) is 12.3 Å². The first-order valence-electron chi connectivity index (χ1n) is 3.63.